The molecule has 0 spiro atoms. The summed E-state index contributed by atoms with van der Waals surface area (Å²) in [7, 11) is 0. The number of anilines is 4. The number of allylic oxidation sites excluding steroid dienone is 2. The van der Waals surface area contributed by atoms with Crippen LogP contribution in [0, 0.1) is 0 Å². The molecule has 2 aliphatic carbocycles. The highest BCUT2D eigenvalue weighted by molar-refractivity contribution is 6.32. The second-order valence-electron chi connectivity index (χ2n) is 11.0. The molecule has 46 heavy (non-hydrogen) atoms. The van der Waals surface area contributed by atoms with Crippen LogP contribution >= 0.6 is 0 Å². The fourth-order valence-corrected chi connectivity index (χ4v) is 6.02. The minimum absolute atomic E-state index is 0.231. The zero-order valence-electron chi connectivity index (χ0n) is 24.5. The molecule has 0 aromatic heterocycles. The van der Waals surface area contributed by atoms with Crippen molar-refractivity contribution in [3.8, 4) is 11.5 Å². The van der Waals surface area contributed by atoms with E-state index in [1.165, 1.54) is 12.2 Å². The number of ether oxygens (including phenoxy) is 2. The van der Waals surface area contributed by atoms with E-state index < -0.39 is 0 Å². The van der Waals surface area contributed by atoms with Crippen molar-refractivity contribution in [1.29, 1.82) is 0 Å². The summed E-state index contributed by atoms with van der Waals surface area (Å²) in [5, 5.41) is 8.18. The van der Waals surface area contributed by atoms with Gasteiger partial charge < -0.3 is 20.1 Å². The van der Waals surface area contributed by atoms with E-state index in [9.17, 15) is 9.59 Å². The highest BCUT2D eigenvalue weighted by atomic mass is 16.5. The molecule has 0 heterocycles. The van der Waals surface area contributed by atoms with E-state index in [1.54, 1.807) is 0 Å². The lowest BCUT2D eigenvalue weighted by Crippen LogP contribution is -2.18. The Labute approximate surface area is 265 Å². The lowest BCUT2D eigenvalue weighted by atomic mass is 9.81. The molecule has 0 saturated carbocycles. The van der Waals surface area contributed by atoms with Crippen molar-refractivity contribution in [2.24, 2.45) is 0 Å². The van der Waals surface area contributed by atoms with Crippen LogP contribution in [0.5, 0.6) is 11.5 Å². The van der Waals surface area contributed by atoms with Gasteiger partial charge in [-0.1, -0.05) is 72.8 Å². The van der Waals surface area contributed by atoms with Crippen LogP contribution in [0.4, 0.5) is 22.7 Å². The summed E-state index contributed by atoms with van der Waals surface area (Å²) < 4.78 is 12.8. The first kappa shape index (κ1) is 27.2. The van der Waals surface area contributed by atoms with Gasteiger partial charge >= 0.3 is 0 Å². The number of benzene rings is 6. The van der Waals surface area contributed by atoms with Crippen LogP contribution in [-0.4, -0.2) is 11.6 Å². The molecular weight excluding hydrogens is 572 g/mol. The van der Waals surface area contributed by atoms with Gasteiger partial charge in [-0.15, -0.1) is 0 Å². The molecule has 6 nitrogen and oxygen atoms in total. The molecule has 6 aromatic carbocycles. The van der Waals surface area contributed by atoms with Gasteiger partial charge in [0.25, 0.3) is 0 Å². The molecule has 0 saturated heterocycles. The Bertz CT molecular complexity index is 2050. The summed E-state index contributed by atoms with van der Waals surface area (Å²) >= 11 is 0. The molecule has 0 fully saturated rings. The molecule has 2 aliphatic rings. The molecule has 6 aromatic rings. The standard InChI is InChI=1S/C40H26N2O4/c43-33-23-36(46-28-19-11-4-12-20-28)30-22-32(42-26-15-7-2-8-16-26)40-34(44)24-35(45-27-17-9-3-10-18-27)29-21-31(39(33)37(30)38(29)40)41-25-13-5-1-6-14-25/h1-24,41-42H. The van der Waals surface area contributed by atoms with Crippen molar-refractivity contribution < 1.29 is 19.1 Å². The van der Waals surface area contributed by atoms with Gasteiger partial charge in [0.15, 0.2) is 11.6 Å². The number of carbonyl (C=O) groups excluding carboxylic acids is 2. The summed E-state index contributed by atoms with van der Waals surface area (Å²) in [6, 6.07) is 41.9. The van der Waals surface area contributed by atoms with E-state index in [0.717, 1.165) is 11.4 Å². The van der Waals surface area contributed by atoms with E-state index in [4.69, 9.17) is 9.47 Å². The number of para-hydroxylation sites is 4. The first-order chi connectivity index (χ1) is 22.6. The minimum atomic E-state index is -0.231. The van der Waals surface area contributed by atoms with Gasteiger partial charge in [0.05, 0.1) is 22.5 Å². The maximum atomic E-state index is 14.1. The zero-order chi connectivity index (χ0) is 31.0. The average Bonchev–Trinajstić information content (AvgIpc) is 3.08. The Morgan fingerprint density at radius 3 is 1.15 bits per heavy atom. The Kier molecular flexibility index (Phi) is 6.65. The van der Waals surface area contributed by atoms with Crippen LogP contribution in [0.25, 0.3) is 22.3 Å². The van der Waals surface area contributed by atoms with E-state index in [1.807, 2.05) is 133 Å². The third kappa shape index (κ3) is 4.88. The molecular formula is C40H26N2O4. The van der Waals surface area contributed by atoms with Crippen LogP contribution in [0.15, 0.2) is 146 Å². The van der Waals surface area contributed by atoms with Gasteiger partial charge in [0, 0.05) is 45.4 Å². The molecule has 2 N–H and O–H groups in total. The van der Waals surface area contributed by atoms with Gasteiger partial charge in [0.1, 0.15) is 23.0 Å². The topological polar surface area (TPSA) is 76.7 Å². The van der Waals surface area contributed by atoms with Gasteiger partial charge in [-0.05, 0) is 60.7 Å². The van der Waals surface area contributed by atoms with Crippen LogP contribution in [-0.2, 0) is 0 Å². The highest BCUT2D eigenvalue weighted by Crippen LogP contribution is 2.48. The average molecular weight is 599 g/mol. The molecule has 0 atom stereocenters. The van der Waals surface area contributed by atoms with Crippen LogP contribution in [0.3, 0.4) is 0 Å². The molecule has 8 rings (SSSR count). The van der Waals surface area contributed by atoms with Crippen LogP contribution in [0.1, 0.15) is 31.8 Å². The lowest BCUT2D eigenvalue weighted by Gasteiger charge is -2.28. The zero-order valence-corrected chi connectivity index (χ0v) is 24.5. The molecule has 0 amide bonds. The second-order valence-corrected chi connectivity index (χ2v) is 11.0. The number of carbonyl (C=O) groups is 2. The lowest BCUT2D eigenvalue weighted by molar-refractivity contribution is 0.103. The monoisotopic (exact) mass is 598 g/mol. The first-order valence-electron chi connectivity index (χ1n) is 14.9. The number of nitrogens with one attached hydrogen (secondary N) is 2. The van der Waals surface area contributed by atoms with Crippen molar-refractivity contribution in [1.82, 2.24) is 0 Å². The van der Waals surface area contributed by atoms with Gasteiger partial charge in [-0.25, -0.2) is 0 Å². The summed E-state index contributed by atoms with van der Waals surface area (Å²) in [5.74, 6) is 1.50. The molecule has 0 bridgehead atoms. The van der Waals surface area contributed by atoms with E-state index >= 15 is 0 Å². The predicted octanol–water partition coefficient (Wildman–Crippen LogP) is 9.56. The van der Waals surface area contributed by atoms with Crippen molar-refractivity contribution in [3.05, 3.63) is 168 Å². The third-order valence-corrected chi connectivity index (χ3v) is 8.00. The van der Waals surface area contributed by atoms with Crippen molar-refractivity contribution in [3.63, 3.8) is 0 Å². The maximum Gasteiger partial charge on any atom is 0.192 e. The van der Waals surface area contributed by atoms with Crippen molar-refractivity contribution in [2.75, 3.05) is 10.6 Å². The highest BCUT2D eigenvalue weighted by Gasteiger charge is 2.34. The van der Waals surface area contributed by atoms with E-state index in [0.29, 0.717) is 67.4 Å². The normalized spacial score (nSPS) is 13.1. The summed E-state index contributed by atoms with van der Waals surface area (Å²) in [5.41, 5.74) is 5.12. The van der Waals surface area contributed by atoms with Crippen molar-refractivity contribution in [2.45, 2.75) is 0 Å². The fraction of sp³-hybridized carbons (Fsp3) is 0. The quantitative estimate of drug-likeness (QED) is 0.182. The number of rotatable bonds is 8. The Balaban J connectivity index is 1.42. The molecule has 0 radical (unpaired) electrons. The van der Waals surface area contributed by atoms with Crippen molar-refractivity contribution >= 4 is 56.6 Å². The molecule has 6 heteroatoms. The molecule has 0 aliphatic heterocycles. The number of ketones is 2. The predicted molar refractivity (Wildman–Crippen MR) is 182 cm³/mol. The van der Waals surface area contributed by atoms with Crippen LogP contribution in [0.2, 0.25) is 0 Å². The fourth-order valence-electron chi connectivity index (χ4n) is 6.02. The minimum Gasteiger partial charge on any atom is -0.457 e. The maximum absolute atomic E-state index is 14.1. The Morgan fingerprint density at radius 2 is 0.783 bits per heavy atom. The third-order valence-electron chi connectivity index (χ3n) is 8.00. The summed E-state index contributed by atoms with van der Waals surface area (Å²) in [4.78, 5) is 28.2. The molecule has 220 valence electrons. The largest absolute Gasteiger partial charge is 0.457 e. The number of hydrogen-bond donors (Lipinski definition) is 2. The Hall–Kier alpha value is -6.40. The Morgan fingerprint density at radius 1 is 0.435 bits per heavy atom. The van der Waals surface area contributed by atoms with E-state index in [2.05, 4.69) is 10.6 Å². The molecule has 0 unspecified atom stereocenters. The van der Waals surface area contributed by atoms with Gasteiger partial charge in [-0.3, -0.25) is 9.59 Å². The van der Waals surface area contributed by atoms with Gasteiger partial charge in [-0.2, -0.15) is 0 Å². The number of hydrogen-bond acceptors (Lipinski definition) is 6. The SMILES string of the molecule is O=C1C=C(Oc2ccccc2)c2cc(Nc3ccccc3)c3c4c(cc(Nc5ccccc5)c1c24)C(Oc1ccccc1)=CC3=O. The first-order valence-corrected chi connectivity index (χ1v) is 14.9. The smallest absolute Gasteiger partial charge is 0.192 e. The van der Waals surface area contributed by atoms with Crippen LogP contribution < -0.4 is 20.1 Å². The summed E-state index contributed by atoms with van der Waals surface area (Å²) in [6.07, 6.45) is 3.05. The van der Waals surface area contributed by atoms with Gasteiger partial charge in [0.2, 0.25) is 0 Å². The van der Waals surface area contributed by atoms with E-state index in [-0.39, 0.29) is 11.6 Å². The second kappa shape index (κ2) is 11.3. The summed E-state index contributed by atoms with van der Waals surface area (Å²) in [6.45, 7) is 0.